The fourth-order valence-corrected chi connectivity index (χ4v) is 2.10. The van der Waals surface area contributed by atoms with Crippen LogP contribution >= 0.6 is 15.9 Å². The van der Waals surface area contributed by atoms with Gasteiger partial charge in [0.1, 0.15) is 0 Å². The van der Waals surface area contributed by atoms with Gasteiger partial charge < -0.3 is 4.74 Å². The standard InChI is InChI=1S/C14H7BrF3NO3/c15-11-5-9(8-2-1-3-19-7-8)4-10(6-11)12(20)22-13(21)14(16,17)18/h1-7H. The number of alkyl halides is 3. The zero-order valence-electron chi connectivity index (χ0n) is 10.7. The first-order valence-corrected chi connectivity index (χ1v) is 6.61. The van der Waals surface area contributed by atoms with Crippen LogP contribution in [-0.2, 0) is 9.53 Å². The highest BCUT2D eigenvalue weighted by atomic mass is 79.9. The lowest BCUT2D eigenvalue weighted by molar-refractivity contribution is -0.193. The van der Waals surface area contributed by atoms with Crippen LogP contribution in [0, 0.1) is 0 Å². The van der Waals surface area contributed by atoms with Gasteiger partial charge in [0, 0.05) is 22.4 Å². The smallest absolute Gasteiger partial charge is 0.383 e. The quantitative estimate of drug-likeness (QED) is 0.594. The normalized spacial score (nSPS) is 11.1. The van der Waals surface area contributed by atoms with Crippen molar-refractivity contribution in [1.82, 2.24) is 4.98 Å². The number of halogens is 4. The average Bonchev–Trinajstić information content (AvgIpc) is 2.46. The molecular weight excluding hydrogens is 367 g/mol. The molecule has 1 aromatic carbocycles. The van der Waals surface area contributed by atoms with Crippen LogP contribution in [0.3, 0.4) is 0 Å². The van der Waals surface area contributed by atoms with Crippen LogP contribution in [0.15, 0.2) is 47.2 Å². The van der Waals surface area contributed by atoms with Gasteiger partial charge in [-0.25, -0.2) is 9.59 Å². The summed E-state index contributed by atoms with van der Waals surface area (Å²) >= 11 is 3.15. The van der Waals surface area contributed by atoms with E-state index in [0.29, 0.717) is 15.6 Å². The van der Waals surface area contributed by atoms with Gasteiger partial charge in [-0.15, -0.1) is 0 Å². The van der Waals surface area contributed by atoms with Crippen LogP contribution in [0.5, 0.6) is 0 Å². The topological polar surface area (TPSA) is 56.3 Å². The van der Waals surface area contributed by atoms with Gasteiger partial charge in [-0.05, 0) is 29.8 Å². The van der Waals surface area contributed by atoms with E-state index in [4.69, 9.17) is 0 Å². The van der Waals surface area contributed by atoms with E-state index in [9.17, 15) is 22.8 Å². The zero-order chi connectivity index (χ0) is 16.3. The summed E-state index contributed by atoms with van der Waals surface area (Å²) in [6, 6.07) is 7.60. The minimum atomic E-state index is -5.23. The Kier molecular flexibility index (Phi) is 4.60. The van der Waals surface area contributed by atoms with E-state index >= 15 is 0 Å². The molecule has 0 saturated heterocycles. The van der Waals surface area contributed by atoms with Gasteiger partial charge in [-0.3, -0.25) is 4.98 Å². The Morgan fingerprint density at radius 1 is 1.14 bits per heavy atom. The molecule has 0 saturated carbocycles. The van der Waals surface area contributed by atoms with Crippen LogP contribution in [0.1, 0.15) is 10.4 Å². The molecule has 2 aromatic rings. The number of rotatable bonds is 2. The zero-order valence-corrected chi connectivity index (χ0v) is 12.3. The lowest BCUT2D eigenvalue weighted by Crippen LogP contribution is -2.28. The fourth-order valence-electron chi connectivity index (χ4n) is 1.61. The monoisotopic (exact) mass is 373 g/mol. The predicted octanol–water partition coefficient (Wildman–Crippen LogP) is 3.76. The summed E-state index contributed by atoms with van der Waals surface area (Å²) in [6.07, 6.45) is -2.15. The first-order valence-electron chi connectivity index (χ1n) is 5.81. The molecule has 4 nitrogen and oxygen atoms in total. The molecule has 0 spiro atoms. The van der Waals surface area contributed by atoms with Gasteiger partial charge in [0.15, 0.2) is 0 Å². The van der Waals surface area contributed by atoms with E-state index < -0.39 is 18.1 Å². The first kappa shape index (κ1) is 16.2. The molecule has 0 aliphatic rings. The maximum atomic E-state index is 12.1. The molecule has 0 aliphatic carbocycles. The van der Waals surface area contributed by atoms with Crippen LogP contribution < -0.4 is 0 Å². The second kappa shape index (κ2) is 6.27. The third kappa shape index (κ3) is 3.91. The molecule has 0 N–H and O–H groups in total. The first-order chi connectivity index (χ1) is 10.3. The molecule has 8 heteroatoms. The number of ether oxygens (including phenoxy) is 1. The molecule has 0 fully saturated rings. The van der Waals surface area contributed by atoms with Gasteiger partial charge in [0.25, 0.3) is 0 Å². The number of hydrogen-bond donors (Lipinski definition) is 0. The van der Waals surface area contributed by atoms with Crippen LogP contribution in [0.4, 0.5) is 13.2 Å². The minimum Gasteiger partial charge on any atom is -0.383 e. The molecule has 0 atom stereocenters. The van der Waals surface area contributed by atoms with Crippen molar-refractivity contribution < 1.29 is 27.5 Å². The van der Waals surface area contributed by atoms with Crippen molar-refractivity contribution in [3.63, 3.8) is 0 Å². The Hall–Kier alpha value is -2.22. The van der Waals surface area contributed by atoms with E-state index in [-0.39, 0.29) is 5.56 Å². The van der Waals surface area contributed by atoms with E-state index in [1.807, 2.05) is 0 Å². The second-order valence-electron chi connectivity index (χ2n) is 4.15. The molecule has 1 heterocycles. The molecule has 22 heavy (non-hydrogen) atoms. The summed E-state index contributed by atoms with van der Waals surface area (Å²) in [5.74, 6) is -3.94. The molecular formula is C14H7BrF3NO3. The summed E-state index contributed by atoms with van der Waals surface area (Å²) < 4.78 is 40.6. The SMILES string of the molecule is O=C(OC(=O)C(F)(F)F)c1cc(Br)cc(-c2cccnc2)c1. The number of carbonyl (C=O) groups excluding carboxylic acids is 2. The Bertz CT molecular complexity index is 717. The fraction of sp³-hybridized carbons (Fsp3) is 0.0714. The molecule has 0 bridgehead atoms. The van der Waals surface area contributed by atoms with E-state index in [0.717, 1.165) is 0 Å². The highest BCUT2D eigenvalue weighted by Crippen LogP contribution is 2.25. The van der Waals surface area contributed by atoms with Crippen molar-refractivity contribution in [2.75, 3.05) is 0 Å². The van der Waals surface area contributed by atoms with E-state index in [1.54, 1.807) is 24.4 Å². The molecule has 0 amide bonds. The number of pyridine rings is 1. The van der Waals surface area contributed by atoms with E-state index in [2.05, 4.69) is 25.7 Å². The van der Waals surface area contributed by atoms with Gasteiger partial charge in [0.2, 0.25) is 0 Å². The maximum Gasteiger partial charge on any atom is 0.491 e. The van der Waals surface area contributed by atoms with Crippen molar-refractivity contribution in [1.29, 1.82) is 0 Å². The number of carbonyl (C=O) groups is 2. The van der Waals surface area contributed by atoms with Crippen molar-refractivity contribution in [2.45, 2.75) is 6.18 Å². The van der Waals surface area contributed by atoms with Crippen molar-refractivity contribution in [3.8, 4) is 11.1 Å². The maximum absolute atomic E-state index is 12.1. The van der Waals surface area contributed by atoms with Crippen molar-refractivity contribution in [3.05, 3.63) is 52.8 Å². The van der Waals surface area contributed by atoms with Crippen molar-refractivity contribution >= 4 is 27.9 Å². The number of hydrogen-bond acceptors (Lipinski definition) is 4. The Morgan fingerprint density at radius 2 is 1.86 bits per heavy atom. The molecule has 0 radical (unpaired) electrons. The summed E-state index contributed by atoms with van der Waals surface area (Å²) in [6.45, 7) is 0. The third-order valence-corrected chi connectivity index (χ3v) is 3.00. The average molecular weight is 374 g/mol. The Labute approximate surface area is 131 Å². The highest BCUT2D eigenvalue weighted by molar-refractivity contribution is 9.10. The molecule has 0 unspecified atom stereocenters. The Balaban J connectivity index is 2.31. The van der Waals surface area contributed by atoms with Crippen LogP contribution in [0.25, 0.3) is 11.1 Å². The highest BCUT2D eigenvalue weighted by Gasteiger charge is 2.42. The predicted molar refractivity (Wildman–Crippen MR) is 73.9 cm³/mol. The van der Waals surface area contributed by atoms with Crippen LogP contribution in [0.2, 0.25) is 0 Å². The summed E-state index contributed by atoms with van der Waals surface area (Å²) in [5, 5.41) is 0. The lowest BCUT2D eigenvalue weighted by Gasteiger charge is -2.08. The Morgan fingerprint density at radius 3 is 2.45 bits per heavy atom. The largest absolute Gasteiger partial charge is 0.491 e. The third-order valence-electron chi connectivity index (χ3n) is 2.55. The number of esters is 2. The molecule has 114 valence electrons. The summed E-state index contributed by atoms with van der Waals surface area (Å²) in [4.78, 5) is 26.3. The van der Waals surface area contributed by atoms with Crippen molar-refractivity contribution in [2.24, 2.45) is 0 Å². The van der Waals surface area contributed by atoms with Gasteiger partial charge in [-0.2, -0.15) is 13.2 Å². The number of nitrogens with zero attached hydrogens (tertiary/aromatic N) is 1. The second-order valence-corrected chi connectivity index (χ2v) is 5.06. The van der Waals surface area contributed by atoms with Gasteiger partial charge >= 0.3 is 18.1 Å². The summed E-state index contributed by atoms with van der Waals surface area (Å²) in [5.41, 5.74) is 1.000. The lowest BCUT2D eigenvalue weighted by atomic mass is 10.1. The van der Waals surface area contributed by atoms with Gasteiger partial charge in [0.05, 0.1) is 5.56 Å². The number of aromatic nitrogens is 1. The summed E-state index contributed by atoms with van der Waals surface area (Å²) in [7, 11) is 0. The van der Waals surface area contributed by atoms with Gasteiger partial charge in [-0.1, -0.05) is 22.0 Å². The number of benzene rings is 1. The molecule has 1 aromatic heterocycles. The van der Waals surface area contributed by atoms with E-state index in [1.165, 1.54) is 18.3 Å². The minimum absolute atomic E-state index is 0.189. The molecule has 0 aliphatic heterocycles. The molecule has 2 rings (SSSR count). The van der Waals surface area contributed by atoms with Crippen LogP contribution in [-0.4, -0.2) is 23.1 Å².